The number of carboxylic acids is 1. The number of sulfone groups is 1. The van der Waals surface area contributed by atoms with Crippen LogP contribution < -0.4 is 10.1 Å². The Hall–Kier alpha value is -2.34. The minimum absolute atomic E-state index is 0.165. The highest BCUT2D eigenvalue weighted by molar-refractivity contribution is 8.05. The molecule has 2 rings (SSSR count). The molecule has 0 spiro atoms. The molecule has 0 fully saturated rings. The fourth-order valence-electron chi connectivity index (χ4n) is 2.49. The van der Waals surface area contributed by atoms with Crippen molar-refractivity contribution >= 4 is 28.4 Å². The average Bonchev–Trinajstić information content (AvgIpc) is 3.14. The zero-order valence-corrected chi connectivity index (χ0v) is 20.0. The van der Waals surface area contributed by atoms with E-state index in [0.29, 0.717) is 4.68 Å². The lowest BCUT2D eigenvalue weighted by Crippen LogP contribution is -2.24. The molecule has 1 aromatic rings. The van der Waals surface area contributed by atoms with Crippen LogP contribution in [0.5, 0.6) is 5.88 Å². The van der Waals surface area contributed by atoms with Gasteiger partial charge in [-0.25, -0.2) is 13.1 Å². The second-order valence-corrected chi connectivity index (χ2v) is 11.2. The van der Waals surface area contributed by atoms with Crippen LogP contribution in [0.25, 0.3) is 0 Å². The first kappa shape index (κ1) is 30.7. The van der Waals surface area contributed by atoms with Crippen molar-refractivity contribution in [2.75, 3.05) is 12.8 Å². The van der Waals surface area contributed by atoms with Crippen molar-refractivity contribution in [1.29, 1.82) is 0 Å². The highest BCUT2D eigenvalue weighted by atomic mass is 32.2. The Morgan fingerprint density at radius 2 is 1.91 bits per heavy atom. The van der Waals surface area contributed by atoms with Crippen LogP contribution in [0.15, 0.2) is 5.16 Å². The normalized spacial score (nSPS) is 15.8. The van der Waals surface area contributed by atoms with Crippen LogP contribution in [-0.2, 0) is 43.0 Å². The molecule has 0 saturated carbocycles. The molecule has 4 N–H and O–H groups in total. The zero-order chi connectivity index (χ0) is 27.4. The molecule has 0 aromatic carbocycles. The van der Waals surface area contributed by atoms with Crippen molar-refractivity contribution < 1.29 is 64.2 Å². The van der Waals surface area contributed by atoms with Crippen molar-refractivity contribution in [2.24, 2.45) is 12.2 Å². The van der Waals surface area contributed by atoms with Gasteiger partial charge in [0.05, 0.1) is 24.1 Å². The van der Waals surface area contributed by atoms with Gasteiger partial charge in [-0.15, -0.1) is 0 Å². The van der Waals surface area contributed by atoms with E-state index in [2.05, 4.69) is 20.3 Å². The predicted molar refractivity (Wildman–Crippen MR) is 107 cm³/mol. The molecule has 35 heavy (non-hydrogen) atoms. The Balaban J connectivity index is 0.000000518. The van der Waals surface area contributed by atoms with Gasteiger partial charge in [0, 0.05) is 13.5 Å². The molecule has 13 nitrogen and oxygen atoms in total. The van der Waals surface area contributed by atoms with Crippen LogP contribution in [0.3, 0.4) is 0 Å². The lowest BCUT2D eigenvalue weighted by molar-refractivity contribution is -0.142. The number of halogens is 5. The Morgan fingerprint density at radius 3 is 2.31 bits per heavy atom. The summed E-state index contributed by atoms with van der Waals surface area (Å²) in [5, 5.41) is 16.0. The van der Waals surface area contributed by atoms with Gasteiger partial charge in [-0.2, -0.15) is 27.1 Å². The maximum Gasteiger partial charge on any atom is 0.435 e. The molecule has 0 unspecified atom stereocenters. The molecule has 1 aromatic heterocycles. The SMILES string of the molecule is Cn1nc(C(F)(F)F)c(CS(=O)(=O)C2=NOC(C)(C)C2)c1OC(F)F.O=C(O)CNCP(=O)(O)O. The Morgan fingerprint density at radius 1 is 1.34 bits per heavy atom. The largest absolute Gasteiger partial charge is 0.480 e. The number of rotatable bonds is 8. The Kier molecular flexibility index (Phi) is 9.78. The summed E-state index contributed by atoms with van der Waals surface area (Å²) >= 11 is 0. The van der Waals surface area contributed by atoms with Gasteiger partial charge >= 0.3 is 26.4 Å². The second-order valence-electron chi connectivity index (χ2n) is 7.55. The van der Waals surface area contributed by atoms with E-state index in [1.54, 1.807) is 0 Å². The summed E-state index contributed by atoms with van der Waals surface area (Å²) in [6.07, 6.45) is -5.82. The van der Waals surface area contributed by atoms with E-state index in [1.807, 2.05) is 0 Å². The van der Waals surface area contributed by atoms with Gasteiger partial charge in [0.1, 0.15) is 5.60 Å². The minimum Gasteiger partial charge on any atom is -0.480 e. The summed E-state index contributed by atoms with van der Waals surface area (Å²) < 4.78 is 103. The average molecular weight is 560 g/mol. The first-order valence-electron chi connectivity index (χ1n) is 9.17. The third-order valence-electron chi connectivity index (χ3n) is 3.82. The molecule has 0 bridgehead atoms. The van der Waals surface area contributed by atoms with E-state index in [9.17, 15) is 39.7 Å². The smallest absolute Gasteiger partial charge is 0.435 e. The van der Waals surface area contributed by atoms with Crippen molar-refractivity contribution in [3.8, 4) is 5.88 Å². The maximum atomic E-state index is 13.1. The summed E-state index contributed by atoms with van der Waals surface area (Å²) in [6.45, 7) is -0.819. The highest BCUT2D eigenvalue weighted by Crippen LogP contribution is 2.38. The number of hydrogen-bond acceptors (Lipinski definition) is 9. The molecule has 20 heteroatoms. The van der Waals surface area contributed by atoms with E-state index in [0.717, 1.165) is 7.05 Å². The van der Waals surface area contributed by atoms with Crippen LogP contribution >= 0.6 is 7.60 Å². The predicted octanol–water partition coefficient (Wildman–Crippen LogP) is 1.26. The fraction of sp³-hybridized carbons (Fsp3) is 0.667. The summed E-state index contributed by atoms with van der Waals surface area (Å²) in [4.78, 5) is 31.0. The van der Waals surface area contributed by atoms with Gasteiger partial charge in [0.15, 0.2) is 20.6 Å². The fourth-order valence-corrected chi connectivity index (χ4v) is 4.42. The number of oxime groups is 1. The lowest BCUT2D eigenvalue weighted by atomic mass is 10.1. The topological polar surface area (TPSA) is 190 Å². The number of aromatic nitrogens is 2. The molecule has 0 atom stereocenters. The van der Waals surface area contributed by atoms with Gasteiger partial charge in [0.2, 0.25) is 5.88 Å². The van der Waals surface area contributed by atoms with Gasteiger partial charge in [0.25, 0.3) is 0 Å². The molecular formula is C15H22F5N4O9PS. The number of ether oxygens (including phenoxy) is 1. The number of nitrogens with zero attached hydrogens (tertiary/aromatic N) is 3. The molecule has 1 aliphatic heterocycles. The summed E-state index contributed by atoms with van der Waals surface area (Å²) in [6, 6.07) is 0. The Bertz CT molecular complexity index is 1100. The number of hydrogen-bond donors (Lipinski definition) is 4. The van der Waals surface area contributed by atoms with Gasteiger partial charge in [-0.05, 0) is 13.8 Å². The number of carboxylic acid groups (broad SMARTS) is 1. The molecule has 0 radical (unpaired) electrons. The summed E-state index contributed by atoms with van der Waals surface area (Å²) in [7, 11) is -7.53. The molecular weight excluding hydrogens is 538 g/mol. The van der Waals surface area contributed by atoms with Crippen molar-refractivity contribution in [2.45, 2.75) is 44.4 Å². The lowest BCUT2D eigenvalue weighted by Gasteiger charge is -2.13. The number of aryl methyl sites for hydroxylation is 1. The maximum absolute atomic E-state index is 13.1. The van der Waals surface area contributed by atoms with E-state index in [4.69, 9.17) is 19.7 Å². The quantitative estimate of drug-likeness (QED) is 0.265. The van der Waals surface area contributed by atoms with Crippen LogP contribution in [0.4, 0.5) is 22.0 Å². The number of alkyl halides is 5. The van der Waals surface area contributed by atoms with Crippen molar-refractivity contribution in [3.05, 3.63) is 11.3 Å². The number of aliphatic carboxylic acids is 1. The monoisotopic (exact) mass is 560 g/mol. The van der Waals surface area contributed by atoms with Crippen LogP contribution in [0, 0.1) is 0 Å². The standard InChI is InChI=1S/C12H14F5N3O4S.C3H8NO5P/c1-11(2)4-7(19-24-11)25(21,22)5-6-8(12(15,16)17)18-20(3)9(6)23-10(13)14;5-3(6)1-4-2-10(7,8)9/h10H,4-5H2,1-3H3;4H,1-2H2,(H,5,6)(H2,7,8,9). The first-order valence-corrected chi connectivity index (χ1v) is 12.6. The summed E-state index contributed by atoms with van der Waals surface area (Å²) in [5.74, 6) is -3.38. The molecule has 2 heterocycles. The molecule has 1 aliphatic rings. The van der Waals surface area contributed by atoms with E-state index >= 15 is 0 Å². The van der Waals surface area contributed by atoms with E-state index in [-0.39, 0.29) is 6.42 Å². The zero-order valence-electron chi connectivity index (χ0n) is 18.3. The van der Waals surface area contributed by atoms with E-state index in [1.165, 1.54) is 13.8 Å². The third-order valence-corrected chi connectivity index (χ3v) is 6.06. The van der Waals surface area contributed by atoms with E-state index < -0.39 is 82.6 Å². The molecule has 0 aliphatic carbocycles. The van der Waals surface area contributed by atoms with Crippen molar-refractivity contribution in [1.82, 2.24) is 15.1 Å². The minimum atomic E-state index is -5.06. The molecule has 0 saturated heterocycles. The second kappa shape index (κ2) is 11.2. The van der Waals surface area contributed by atoms with Crippen LogP contribution in [0.2, 0.25) is 0 Å². The molecule has 202 valence electrons. The summed E-state index contributed by atoms with van der Waals surface area (Å²) in [5.41, 5.74) is -3.57. The van der Waals surface area contributed by atoms with Gasteiger partial charge < -0.3 is 24.5 Å². The highest BCUT2D eigenvalue weighted by Gasteiger charge is 2.43. The van der Waals surface area contributed by atoms with Gasteiger partial charge in [-0.1, -0.05) is 5.16 Å². The van der Waals surface area contributed by atoms with Gasteiger partial charge in [-0.3, -0.25) is 14.7 Å². The van der Waals surface area contributed by atoms with Crippen LogP contribution in [-0.4, -0.2) is 69.1 Å². The van der Waals surface area contributed by atoms with Crippen molar-refractivity contribution in [3.63, 3.8) is 0 Å². The third kappa shape index (κ3) is 10.0. The number of nitrogens with one attached hydrogen (secondary N) is 1. The Labute approximate surface area is 195 Å². The van der Waals surface area contributed by atoms with Crippen LogP contribution in [0.1, 0.15) is 31.5 Å². The number of carbonyl (C=O) groups is 1. The first-order chi connectivity index (χ1) is 15.6. The molecule has 0 amide bonds.